The lowest BCUT2D eigenvalue weighted by Crippen LogP contribution is -2.44. The largest absolute Gasteiger partial charge is 0.496 e. The van der Waals surface area contributed by atoms with Crippen LogP contribution in [0.2, 0.25) is 0 Å². The second kappa shape index (κ2) is 9.46. The first kappa shape index (κ1) is 22.4. The molecule has 2 aliphatic heterocycles. The van der Waals surface area contributed by atoms with Crippen LogP contribution in [0.5, 0.6) is 5.75 Å². The van der Waals surface area contributed by atoms with E-state index in [1.54, 1.807) is 13.3 Å². The third-order valence-electron chi connectivity index (χ3n) is 7.05. The molecule has 0 spiro atoms. The summed E-state index contributed by atoms with van der Waals surface area (Å²) < 4.78 is 7.92. The van der Waals surface area contributed by atoms with E-state index in [9.17, 15) is 4.79 Å². The highest BCUT2D eigenvalue weighted by atomic mass is 16.5. The number of rotatable bonds is 5. The van der Waals surface area contributed by atoms with Gasteiger partial charge in [0.25, 0.3) is 0 Å². The molecule has 0 saturated carbocycles. The van der Waals surface area contributed by atoms with Gasteiger partial charge in [0, 0.05) is 74.4 Å². The Labute approximate surface area is 200 Å². The molecule has 2 aromatic heterocycles. The molecule has 1 atom stereocenters. The smallest absolute Gasteiger partial charge is 0.246 e. The Kier molecular flexibility index (Phi) is 6.24. The minimum Gasteiger partial charge on any atom is -0.496 e. The summed E-state index contributed by atoms with van der Waals surface area (Å²) in [6.45, 7) is 9.15. The number of nitrogens with zero attached hydrogens (tertiary/aromatic N) is 6. The third kappa shape index (κ3) is 4.14. The number of benzene rings is 1. The van der Waals surface area contributed by atoms with E-state index in [2.05, 4.69) is 51.3 Å². The van der Waals surface area contributed by atoms with Gasteiger partial charge in [-0.15, -0.1) is 0 Å². The Hall–Kier alpha value is -3.39. The Bertz CT molecular complexity index is 1200. The molecule has 8 nitrogen and oxygen atoms in total. The minimum absolute atomic E-state index is 0.0239. The van der Waals surface area contributed by atoms with Crippen LogP contribution in [0.25, 0.3) is 22.2 Å². The number of piperidine rings is 1. The highest BCUT2D eigenvalue weighted by molar-refractivity contribution is 5.94. The molecule has 1 unspecified atom stereocenters. The molecule has 8 heteroatoms. The average molecular weight is 461 g/mol. The van der Waals surface area contributed by atoms with Gasteiger partial charge in [0.15, 0.2) is 0 Å². The van der Waals surface area contributed by atoms with E-state index in [1.807, 2.05) is 17.2 Å². The quantitative estimate of drug-likeness (QED) is 0.545. The zero-order chi connectivity index (χ0) is 23.7. The van der Waals surface area contributed by atoms with E-state index in [0.717, 1.165) is 73.5 Å². The topological polar surface area (TPSA) is 66.7 Å². The van der Waals surface area contributed by atoms with Gasteiger partial charge in [-0.25, -0.2) is 0 Å². The monoisotopic (exact) mass is 460 g/mol. The fraction of sp³-hybridized carbons (Fsp3) is 0.423. The normalized spacial score (nSPS) is 19.4. The number of hydrogen-bond acceptors (Lipinski definition) is 6. The molecule has 5 rings (SSSR count). The van der Waals surface area contributed by atoms with Crippen molar-refractivity contribution >= 4 is 22.5 Å². The SMILES string of the molecule is C=CC(=O)N1CCCC(n2nc(-c3ccc(N4CCN(C)CC4)cc3OC)c3cnccc32)C1. The first-order valence-corrected chi connectivity index (χ1v) is 11.9. The van der Waals surface area contributed by atoms with Gasteiger partial charge in [-0.05, 0) is 44.2 Å². The molecule has 0 radical (unpaired) electrons. The lowest BCUT2D eigenvalue weighted by molar-refractivity contribution is -0.127. The molecule has 2 aliphatic rings. The standard InChI is InChI=1S/C26H32N6O2/c1-4-25(33)31-11-5-6-20(18-31)32-23-9-10-27-17-22(23)26(28-32)21-8-7-19(16-24(21)34-3)30-14-12-29(2)13-15-30/h4,7-10,16-17,20H,1,5-6,11-15,18H2,2-3H3. The van der Waals surface area contributed by atoms with Crippen molar-refractivity contribution in [2.75, 3.05) is 58.3 Å². The van der Waals surface area contributed by atoms with Gasteiger partial charge in [-0.2, -0.15) is 5.10 Å². The summed E-state index contributed by atoms with van der Waals surface area (Å²) in [5.41, 5.74) is 4.00. The minimum atomic E-state index is -0.0239. The van der Waals surface area contributed by atoms with Crippen molar-refractivity contribution in [3.05, 3.63) is 49.3 Å². The van der Waals surface area contributed by atoms with Crippen molar-refractivity contribution in [3.63, 3.8) is 0 Å². The van der Waals surface area contributed by atoms with Crippen molar-refractivity contribution in [1.82, 2.24) is 24.6 Å². The molecule has 1 aromatic carbocycles. The van der Waals surface area contributed by atoms with Crippen LogP contribution in [0.4, 0.5) is 5.69 Å². The number of hydrogen-bond donors (Lipinski definition) is 0. The van der Waals surface area contributed by atoms with Crippen LogP contribution in [0.1, 0.15) is 18.9 Å². The van der Waals surface area contributed by atoms with Crippen molar-refractivity contribution in [1.29, 1.82) is 0 Å². The molecule has 34 heavy (non-hydrogen) atoms. The maximum atomic E-state index is 12.2. The lowest BCUT2D eigenvalue weighted by atomic mass is 10.1. The summed E-state index contributed by atoms with van der Waals surface area (Å²) in [6.07, 6.45) is 6.98. The maximum absolute atomic E-state index is 12.2. The van der Waals surface area contributed by atoms with Gasteiger partial charge in [-0.3, -0.25) is 14.5 Å². The van der Waals surface area contributed by atoms with E-state index < -0.39 is 0 Å². The zero-order valence-corrected chi connectivity index (χ0v) is 20.0. The Morgan fingerprint density at radius 3 is 2.76 bits per heavy atom. The molecule has 2 saturated heterocycles. The maximum Gasteiger partial charge on any atom is 0.246 e. The molecule has 0 aliphatic carbocycles. The third-order valence-corrected chi connectivity index (χ3v) is 7.05. The predicted octanol–water partition coefficient (Wildman–Crippen LogP) is 3.21. The van der Waals surface area contributed by atoms with Crippen molar-refractivity contribution in [2.45, 2.75) is 18.9 Å². The van der Waals surface area contributed by atoms with E-state index in [0.29, 0.717) is 6.54 Å². The van der Waals surface area contributed by atoms with Crippen LogP contribution in [-0.2, 0) is 4.79 Å². The highest BCUT2D eigenvalue weighted by Gasteiger charge is 2.27. The van der Waals surface area contributed by atoms with Crippen LogP contribution in [-0.4, -0.2) is 83.9 Å². The van der Waals surface area contributed by atoms with Crippen LogP contribution >= 0.6 is 0 Å². The first-order valence-electron chi connectivity index (χ1n) is 11.9. The number of aromatic nitrogens is 3. The number of anilines is 1. The lowest BCUT2D eigenvalue weighted by Gasteiger charge is -2.34. The number of carbonyl (C=O) groups excluding carboxylic acids is 1. The average Bonchev–Trinajstić information content (AvgIpc) is 3.28. The first-order chi connectivity index (χ1) is 16.6. The number of pyridine rings is 1. The highest BCUT2D eigenvalue weighted by Crippen LogP contribution is 2.38. The molecule has 178 valence electrons. The number of carbonyl (C=O) groups is 1. The number of likely N-dealkylation sites (tertiary alicyclic amines) is 1. The van der Waals surface area contributed by atoms with Crippen LogP contribution in [0.3, 0.4) is 0 Å². The Morgan fingerprint density at radius 1 is 1.18 bits per heavy atom. The molecule has 0 N–H and O–H groups in total. The van der Waals surface area contributed by atoms with E-state index in [4.69, 9.17) is 9.84 Å². The molecular weight excluding hydrogens is 428 g/mol. The molecular formula is C26H32N6O2. The van der Waals surface area contributed by atoms with Crippen LogP contribution in [0.15, 0.2) is 49.3 Å². The van der Waals surface area contributed by atoms with Gasteiger partial charge in [0.2, 0.25) is 5.91 Å². The second-order valence-corrected chi connectivity index (χ2v) is 9.15. The van der Waals surface area contributed by atoms with Crippen LogP contribution < -0.4 is 9.64 Å². The van der Waals surface area contributed by atoms with Gasteiger partial charge >= 0.3 is 0 Å². The summed E-state index contributed by atoms with van der Waals surface area (Å²) in [5, 5.41) is 6.06. The summed E-state index contributed by atoms with van der Waals surface area (Å²) >= 11 is 0. The van der Waals surface area contributed by atoms with Gasteiger partial charge in [0.05, 0.1) is 18.7 Å². The van der Waals surface area contributed by atoms with E-state index >= 15 is 0 Å². The van der Waals surface area contributed by atoms with Gasteiger partial charge < -0.3 is 19.4 Å². The van der Waals surface area contributed by atoms with E-state index in [-0.39, 0.29) is 11.9 Å². The predicted molar refractivity (Wildman–Crippen MR) is 134 cm³/mol. The number of likely N-dealkylation sites (N-methyl/N-ethyl adjacent to an activating group) is 1. The number of fused-ring (bicyclic) bond motifs is 1. The van der Waals surface area contributed by atoms with Gasteiger partial charge in [-0.1, -0.05) is 6.58 Å². The number of piperazine rings is 1. The van der Waals surface area contributed by atoms with Gasteiger partial charge in [0.1, 0.15) is 11.4 Å². The second-order valence-electron chi connectivity index (χ2n) is 9.15. The van der Waals surface area contributed by atoms with Crippen molar-refractivity contribution < 1.29 is 9.53 Å². The summed E-state index contributed by atoms with van der Waals surface area (Å²) in [6, 6.07) is 8.50. The molecule has 2 fully saturated rings. The van der Waals surface area contributed by atoms with Crippen LogP contribution in [0, 0.1) is 0 Å². The number of amides is 1. The molecule has 4 heterocycles. The van der Waals surface area contributed by atoms with Crippen molar-refractivity contribution in [2.24, 2.45) is 0 Å². The fourth-order valence-electron chi connectivity index (χ4n) is 5.08. The summed E-state index contributed by atoms with van der Waals surface area (Å²) in [4.78, 5) is 23.2. The summed E-state index contributed by atoms with van der Waals surface area (Å²) in [5.74, 6) is 0.781. The molecule has 3 aromatic rings. The summed E-state index contributed by atoms with van der Waals surface area (Å²) in [7, 11) is 3.87. The number of ether oxygens (including phenoxy) is 1. The van der Waals surface area contributed by atoms with E-state index in [1.165, 1.54) is 11.8 Å². The molecule has 1 amide bonds. The Morgan fingerprint density at radius 2 is 2.00 bits per heavy atom. The number of methoxy groups -OCH3 is 1. The fourth-order valence-corrected chi connectivity index (χ4v) is 5.08. The van der Waals surface area contributed by atoms with Crippen molar-refractivity contribution in [3.8, 4) is 17.0 Å². The Balaban J connectivity index is 1.52. The zero-order valence-electron chi connectivity index (χ0n) is 20.0. The molecule has 0 bridgehead atoms.